The second-order valence-electron chi connectivity index (χ2n) is 15.6. The Kier molecular flexibility index (Phi) is 7.76. The number of ether oxygens (including phenoxy) is 1. The van der Waals surface area contributed by atoms with Crippen LogP contribution in [0.4, 0.5) is 0 Å². The van der Waals surface area contributed by atoms with E-state index in [0.717, 1.165) is 5.75 Å². The number of hydrogen-bond donors (Lipinski definition) is 0. The van der Waals surface area contributed by atoms with Crippen molar-refractivity contribution in [2.24, 2.45) is 0 Å². The van der Waals surface area contributed by atoms with E-state index < -0.39 is 10.0 Å². The highest BCUT2D eigenvalue weighted by Crippen LogP contribution is 2.73. The van der Waals surface area contributed by atoms with Crippen LogP contribution in [0.3, 0.4) is 0 Å². The molecule has 234 valence electrons. The fraction of sp³-hybridized carbons (Fsp3) is 0.349. The summed E-state index contributed by atoms with van der Waals surface area (Å²) in [5.41, 5.74) is 16.5. The molecule has 0 N–H and O–H groups in total. The van der Waals surface area contributed by atoms with E-state index >= 15 is 0 Å². The number of fused-ring (bicyclic) bond motifs is 2. The molecule has 0 heterocycles. The molecule has 0 spiro atoms. The Morgan fingerprint density at radius 2 is 1.22 bits per heavy atom. The van der Waals surface area contributed by atoms with Gasteiger partial charge in [0.2, 0.25) is 0 Å². The maximum absolute atomic E-state index is 6.25. The lowest BCUT2D eigenvalue weighted by molar-refractivity contribution is 0.399. The van der Waals surface area contributed by atoms with Crippen molar-refractivity contribution in [3.63, 3.8) is 0 Å². The Labute approximate surface area is 273 Å². The van der Waals surface area contributed by atoms with E-state index in [1.54, 1.807) is 0 Å². The average Bonchev–Trinajstić information content (AvgIpc) is 3.51. The van der Waals surface area contributed by atoms with Crippen molar-refractivity contribution < 1.29 is 4.74 Å². The highest BCUT2D eigenvalue weighted by molar-refractivity contribution is 8.33. The van der Waals surface area contributed by atoms with E-state index in [1.165, 1.54) is 66.8 Å². The van der Waals surface area contributed by atoms with E-state index in [2.05, 4.69) is 159 Å². The fourth-order valence-corrected chi connectivity index (χ4v) is 12.0. The lowest BCUT2D eigenvalue weighted by Gasteiger charge is -2.46. The van der Waals surface area contributed by atoms with E-state index in [9.17, 15) is 0 Å². The predicted molar refractivity (Wildman–Crippen MR) is 200 cm³/mol. The molecule has 0 saturated carbocycles. The Balaban J connectivity index is 1.50. The minimum absolute atomic E-state index is 0.0579. The lowest BCUT2D eigenvalue weighted by atomic mass is 9.81. The summed E-state index contributed by atoms with van der Waals surface area (Å²) in [4.78, 5) is 0. The summed E-state index contributed by atoms with van der Waals surface area (Å²) in [5.74, 6) is 1.01. The van der Waals surface area contributed by atoms with Gasteiger partial charge in [0, 0.05) is 21.6 Å². The third-order valence-electron chi connectivity index (χ3n) is 9.98. The molecule has 2 atom stereocenters. The number of hydrogen-bond acceptors (Lipinski definition) is 1. The van der Waals surface area contributed by atoms with Gasteiger partial charge in [0.05, 0.1) is 7.11 Å². The predicted octanol–water partition coefficient (Wildman–Crippen LogP) is 12.3. The van der Waals surface area contributed by atoms with Crippen LogP contribution in [0.5, 0.6) is 5.75 Å². The van der Waals surface area contributed by atoms with Gasteiger partial charge in [-0.15, -0.1) is 0 Å². The summed E-state index contributed by atoms with van der Waals surface area (Å²) in [7, 11) is 0.586. The minimum Gasteiger partial charge on any atom is -0.496 e. The molecule has 0 fully saturated rings. The van der Waals surface area contributed by atoms with Crippen LogP contribution >= 0.6 is 10.0 Å². The molecule has 6 rings (SSSR count). The number of methoxy groups -OCH3 is 1. The van der Waals surface area contributed by atoms with Crippen LogP contribution in [0, 0.1) is 0 Å². The average molecular weight is 615 g/mol. The van der Waals surface area contributed by atoms with Crippen LogP contribution in [0.2, 0.25) is 0 Å². The molecular formula is C43H50OS. The summed E-state index contributed by atoms with van der Waals surface area (Å²) in [5, 5.41) is 0.747. The van der Waals surface area contributed by atoms with Crippen LogP contribution in [0.25, 0.3) is 34.4 Å². The Bertz CT molecular complexity index is 1820. The van der Waals surface area contributed by atoms with Crippen molar-refractivity contribution in [2.45, 2.75) is 76.7 Å². The molecule has 45 heavy (non-hydrogen) atoms. The Morgan fingerprint density at radius 1 is 0.622 bits per heavy atom. The molecule has 0 aromatic heterocycles. The van der Waals surface area contributed by atoms with E-state index in [1.807, 2.05) is 7.11 Å². The standard InChI is InChI=1S/C43H50OS/c1-27-24-34-32(29-20-22-31(23-21-29)42(3,4)5)18-15-19-33(34)40(27)45(10,11)41-28(2)25-35-36(41)26-37(43(6,7)8)39(44-9)38(35)30-16-13-12-14-17-30/h12-26,40-41H,1-11H3. The van der Waals surface area contributed by atoms with Gasteiger partial charge >= 0.3 is 0 Å². The summed E-state index contributed by atoms with van der Waals surface area (Å²) in [6.45, 7) is 18.5. The molecule has 0 amide bonds. The van der Waals surface area contributed by atoms with Gasteiger partial charge < -0.3 is 4.74 Å². The minimum atomic E-state index is -1.25. The normalized spacial score (nSPS) is 18.3. The van der Waals surface area contributed by atoms with Crippen LogP contribution in [0.1, 0.15) is 99.3 Å². The first-order valence-corrected chi connectivity index (χ1v) is 18.8. The highest BCUT2D eigenvalue weighted by atomic mass is 32.3. The quantitative estimate of drug-likeness (QED) is 0.217. The smallest absolute Gasteiger partial charge is 0.131 e. The molecular weight excluding hydrogens is 565 g/mol. The van der Waals surface area contributed by atoms with Crippen molar-refractivity contribution in [1.82, 2.24) is 0 Å². The number of benzene rings is 4. The molecule has 0 bridgehead atoms. The van der Waals surface area contributed by atoms with Gasteiger partial charge in [0.1, 0.15) is 5.75 Å². The molecule has 2 aliphatic rings. The molecule has 0 radical (unpaired) electrons. The zero-order valence-corrected chi connectivity index (χ0v) is 29.9. The lowest BCUT2D eigenvalue weighted by Crippen LogP contribution is -2.19. The van der Waals surface area contributed by atoms with Crippen molar-refractivity contribution in [2.75, 3.05) is 19.6 Å². The molecule has 2 aliphatic carbocycles. The van der Waals surface area contributed by atoms with Crippen molar-refractivity contribution >= 4 is 22.2 Å². The summed E-state index contributed by atoms with van der Waals surface area (Å²) in [6, 6.07) is 29.6. The Hall–Kier alpha value is -3.49. The second-order valence-corrected chi connectivity index (χ2v) is 19.5. The van der Waals surface area contributed by atoms with E-state index in [4.69, 9.17) is 4.74 Å². The monoisotopic (exact) mass is 614 g/mol. The van der Waals surface area contributed by atoms with Crippen molar-refractivity contribution in [3.05, 3.63) is 123 Å². The van der Waals surface area contributed by atoms with Crippen LogP contribution in [0.15, 0.2) is 90.0 Å². The van der Waals surface area contributed by atoms with Gasteiger partial charge in [-0.05, 0) is 87.8 Å². The van der Waals surface area contributed by atoms with Crippen LogP contribution in [-0.2, 0) is 10.8 Å². The first-order chi connectivity index (χ1) is 21.1. The fourth-order valence-electron chi connectivity index (χ4n) is 7.95. The van der Waals surface area contributed by atoms with E-state index in [-0.39, 0.29) is 10.8 Å². The summed E-state index contributed by atoms with van der Waals surface area (Å²) < 4.78 is 6.25. The van der Waals surface area contributed by atoms with Gasteiger partial charge in [0.15, 0.2) is 0 Å². The maximum Gasteiger partial charge on any atom is 0.131 e. The molecule has 0 saturated heterocycles. The maximum atomic E-state index is 6.25. The van der Waals surface area contributed by atoms with Gasteiger partial charge in [-0.2, -0.15) is 0 Å². The first-order valence-electron chi connectivity index (χ1n) is 16.3. The van der Waals surface area contributed by atoms with Gasteiger partial charge in [0.25, 0.3) is 0 Å². The Morgan fingerprint density at radius 3 is 1.80 bits per heavy atom. The molecule has 2 unspecified atom stereocenters. The number of rotatable bonds is 5. The SMILES string of the molecule is COc1c(C(C)(C)C)cc2c(c1-c1ccccc1)C=C(C)C2S(C)(C)C1C(C)=Cc2c(-c3ccc(C(C)(C)C)cc3)cccc21. The largest absolute Gasteiger partial charge is 0.496 e. The third kappa shape index (κ3) is 5.30. The second kappa shape index (κ2) is 11.1. The zero-order valence-electron chi connectivity index (χ0n) is 29.1. The van der Waals surface area contributed by atoms with Crippen molar-refractivity contribution in [1.29, 1.82) is 0 Å². The molecule has 1 nitrogen and oxygen atoms in total. The van der Waals surface area contributed by atoms with Crippen LogP contribution in [-0.4, -0.2) is 19.6 Å². The summed E-state index contributed by atoms with van der Waals surface area (Å²) >= 11 is 0. The van der Waals surface area contributed by atoms with Crippen molar-refractivity contribution in [3.8, 4) is 28.0 Å². The van der Waals surface area contributed by atoms with Gasteiger partial charge in [-0.25, -0.2) is 10.0 Å². The molecule has 0 aliphatic heterocycles. The summed E-state index contributed by atoms with van der Waals surface area (Å²) in [6.07, 6.45) is 10.1. The molecule has 4 aromatic carbocycles. The van der Waals surface area contributed by atoms with Gasteiger partial charge in [-0.1, -0.05) is 138 Å². The zero-order chi connectivity index (χ0) is 32.5. The van der Waals surface area contributed by atoms with E-state index in [0.29, 0.717) is 10.5 Å². The van der Waals surface area contributed by atoms with Gasteiger partial charge in [-0.3, -0.25) is 0 Å². The highest BCUT2D eigenvalue weighted by Gasteiger charge is 2.44. The molecule has 4 aromatic rings. The van der Waals surface area contributed by atoms with Crippen LogP contribution < -0.4 is 4.74 Å². The third-order valence-corrected chi connectivity index (χ3v) is 13.7. The molecule has 2 heteroatoms. The topological polar surface area (TPSA) is 9.23 Å². The first kappa shape index (κ1) is 31.5.